The monoisotopic (exact) mass is 272 g/mol. The summed E-state index contributed by atoms with van der Waals surface area (Å²) in [5.41, 5.74) is 5.27. The van der Waals surface area contributed by atoms with E-state index in [0.29, 0.717) is 5.56 Å². The van der Waals surface area contributed by atoms with Gasteiger partial charge in [-0.15, -0.1) is 11.3 Å². The van der Waals surface area contributed by atoms with Gasteiger partial charge in [-0.1, -0.05) is 30.7 Å². The Hall–Kier alpha value is -1.94. The molecule has 0 bridgehead atoms. The van der Waals surface area contributed by atoms with Crippen molar-refractivity contribution in [2.24, 2.45) is 5.10 Å². The molecule has 0 unspecified atom stereocenters. The van der Waals surface area contributed by atoms with Crippen molar-refractivity contribution in [2.45, 2.75) is 20.3 Å². The van der Waals surface area contributed by atoms with E-state index < -0.39 is 0 Å². The van der Waals surface area contributed by atoms with Crippen molar-refractivity contribution >= 4 is 23.0 Å². The Kier molecular flexibility index (Phi) is 4.47. The SMILES string of the molecule is CC/C(=N/NC(=O)c1ccc(C)cc1)c1cccs1. The molecule has 2 aromatic rings. The standard InChI is InChI=1S/C15H16N2OS/c1-3-13(14-5-4-10-19-14)16-17-15(18)12-8-6-11(2)7-9-12/h4-10H,3H2,1-2H3,(H,17,18)/b16-13-. The number of carbonyl (C=O) groups excluding carboxylic acids is 1. The maximum Gasteiger partial charge on any atom is 0.271 e. The quantitative estimate of drug-likeness (QED) is 0.670. The average molecular weight is 272 g/mol. The van der Waals surface area contributed by atoms with Crippen LogP contribution in [0.4, 0.5) is 0 Å². The highest BCUT2D eigenvalue weighted by atomic mass is 32.1. The number of nitrogens with zero attached hydrogens (tertiary/aromatic N) is 1. The fraction of sp³-hybridized carbons (Fsp3) is 0.200. The molecule has 2 rings (SSSR count). The average Bonchev–Trinajstić information content (AvgIpc) is 2.94. The minimum absolute atomic E-state index is 0.178. The minimum Gasteiger partial charge on any atom is -0.267 e. The van der Waals surface area contributed by atoms with E-state index in [1.54, 1.807) is 23.5 Å². The Morgan fingerprint density at radius 1 is 1.26 bits per heavy atom. The number of thiophene rings is 1. The lowest BCUT2D eigenvalue weighted by Gasteiger charge is -2.03. The number of carbonyl (C=O) groups is 1. The van der Waals surface area contributed by atoms with E-state index in [0.717, 1.165) is 22.6 Å². The van der Waals surface area contributed by atoms with Gasteiger partial charge in [0.25, 0.3) is 5.91 Å². The molecule has 1 aromatic carbocycles. The fourth-order valence-corrected chi connectivity index (χ4v) is 2.43. The first-order chi connectivity index (χ1) is 9.20. The third-order valence-electron chi connectivity index (χ3n) is 2.75. The Morgan fingerprint density at radius 3 is 2.58 bits per heavy atom. The molecule has 1 amide bonds. The van der Waals surface area contributed by atoms with Crippen LogP contribution in [0.2, 0.25) is 0 Å². The molecule has 1 heterocycles. The van der Waals surface area contributed by atoms with E-state index >= 15 is 0 Å². The van der Waals surface area contributed by atoms with Crippen LogP contribution in [0.3, 0.4) is 0 Å². The Morgan fingerprint density at radius 2 is 2.00 bits per heavy atom. The van der Waals surface area contributed by atoms with Crippen molar-refractivity contribution in [3.05, 3.63) is 57.8 Å². The van der Waals surface area contributed by atoms with Crippen LogP contribution in [0.25, 0.3) is 0 Å². The number of nitrogens with one attached hydrogen (secondary N) is 1. The van der Waals surface area contributed by atoms with Crippen molar-refractivity contribution in [3.8, 4) is 0 Å². The summed E-state index contributed by atoms with van der Waals surface area (Å²) < 4.78 is 0. The Bertz CT molecular complexity index is 571. The second-order valence-electron chi connectivity index (χ2n) is 4.20. The molecule has 98 valence electrons. The van der Waals surface area contributed by atoms with E-state index in [1.165, 1.54) is 0 Å². The zero-order chi connectivity index (χ0) is 13.7. The van der Waals surface area contributed by atoms with E-state index in [-0.39, 0.29) is 5.91 Å². The van der Waals surface area contributed by atoms with Crippen LogP contribution in [0, 0.1) is 6.92 Å². The zero-order valence-electron chi connectivity index (χ0n) is 11.0. The maximum absolute atomic E-state index is 11.9. The number of hydrazone groups is 1. The largest absolute Gasteiger partial charge is 0.271 e. The summed E-state index contributed by atoms with van der Waals surface area (Å²) in [5, 5.41) is 6.21. The number of benzene rings is 1. The molecule has 19 heavy (non-hydrogen) atoms. The molecule has 0 saturated heterocycles. The smallest absolute Gasteiger partial charge is 0.267 e. The molecule has 4 heteroatoms. The third-order valence-corrected chi connectivity index (χ3v) is 3.67. The highest BCUT2D eigenvalue weighted by Crippen LogP contribution is 2.12. The molecule has 0 aliphatic heterocycles. The molecule has 0 aliphatic rings. The number of amides is 1. The molecule has 0 saturated carbocycles. The zero-order valence-corrected chi connectivity index (χ0v) is 11.8. The predicted octanol–water partition coefficient (Wildman–Crippen LogP) is 3.60. The third kappa shape index (κ3) is 3.51. The van der Waals surface area contributed by atoms with Crippen molar-refractivity contribution in [1.29, 1.82) is 0 Å². The summed E-state index contributed by atoms with van der Waals surface area (Å²) in [6, 6.07) is 11.4. The van der Waals surface area contributed by atoms with Crippen molar-refractivity contribution < 1.29 is 4.79 Å². The lowest BCUT2D eigenvalue weighted by molar-refractivity contribution is 0.0955. The van der Waals surface area contributed by atoms with Gasteiger partial charge in [-0.05, 0) is 36.9 Å². The Labute approximate surface area is 117 Å². The second-order valence-corrected chi connectivity index (χ2v) is 5.14. The first-order valence-electron chi connectivity index (χ1n) is 6.18. The lowest BCUT2D eigenvalue weighted by Crippen LogP contribution is -2.19. The molecule has 0 atom stereocenters. The van der Waals surface area contributed by atoms with Crippen molar-refractivity contribution in [1.82, 2.24) is 5.43 Å². The predicted molar refractivity (Wildman–Crippen MR) is 79.8 cm³/mol. The fourth-order valence-electron chi connectivity index (χ4n) is 1.64. The van der Waals surface area contributed by atoms with Crippen LogP contribution >= 0.6 is 11.3 Å². The van der Waals surface area contributed by atoms with Crippen molar-refractivity contribution in [3.63, 3.8) is 0 Å². The minimum atomic E-state index is -0.178. The van der Waals surface area contributed by atoms with Gasteiger partial charge in [-0.3, -0.25) is 4.79 Å². The second kappa shape index (κ2) is 6.29. The number of hydrogen-bond donors (Lipinski definition) is 1. The molecule has 1 aromatic heterocycles. The van der Waals surface area contributed by atoms with Gasteiger partial charge in [0.05, 0.1) is 10.6 Å². The molecule has 0 spiro atoms. The van der Waals surface area contributed by atoms with Crippen LogP contribution in [0.5, 0.6) is 0 Å². The molecule has 0 fully saturated rings. The summed E-state index contributed by atoms with van der Waals surface area (Å²) >= 11 is 1.62. The van der Waals surface area contributed by atoms with Gasteiger partial charge in [0, 0.05) is 5.56 Å². The highest BCUT2D eigenvalue weighted by Gasteiger charge is 2.06. The summed E-state index contributed by atoms with van der Waals surface area (Å²) in [4.78, 5) is 13.0. The van der Waals surface area contributed by atoms with E-state index in [2.05, 4.69) is 10.5 Å². The van der Waals surface area contributed by atoms with Crippen LogP contribution in [-0.4, -0.2) is 11.6 Å². The maximum atomic E-state index is 11.9. The Balaban J connectivity index is 2.08. The van der Waals surface area contributed by atoms with Crippen molar-refractivity contribution in [2.75, 3.05) is 0 Å². The van der Waals surface area contributed by atoms with Crippen LogP contribution in [0.1, 0.15) is 34.1 Å². The van der Waals surface area contributed by atoms with Crippen LogP contribution in [0.15, 0.2) is 46.9 Å². The first-order valence-corrected chi connectivity index (χ1v) is 7.06. The number of aryl methyl sites for hydroxylation is 1. The molecule has 0 aliphatic carbocycles. The lowest BCUT2D eigenvalue weighted by atomic mass is 10.1. The first kappa shape index (κ1) is 13.5. The molecule has 1 N–H and O–H groups in total. The summed E-state index contributed by atoms with van der Waals surface area (Å²) in [6.45, 7) is 4.02. The van der Waals surface area contributed by atoms with Gasteiger partial charge in [-0.25, -0.2) is 5.43 Å². The molecular formula is C15H16N2OS. The van der Waals surface area contributed by atoms with Gasteiger partial charge >= 0.3 is 0 Å². The summed E-state index contributed by atoms with van der Waals surface area (Å²) in [7, 11) is 0. The van der Waals surface area contributed by atoms with E-state index in [1.807, 2.05) is 43.5 Å². The van der Waals surface area contributed by atoms with Crippen LogP contribution in [-0.2, 0) is 0 Å². The van der Waals surface area contributed by atoms with Gasteiger partial charge in [0.2, 0.25) is 0 Å². The summed E-state index contributed by atoms with van der Waals surface area (Å²) in [6.07, 6.45) is 0.786. The van der Waals surface area contributed by atoms with Gasteiger partial charge in [0.15, 0.2) is 0 Å². The topological polar surface area (TPSA) is 41.5 Å². The highest BCUT2D eigenvalue weighted by molar-refractivity contribution is 7.12. The molecule has 0 radical (unpaired) electrons. The number of rotatable bonds is 4. The van der Waals surface area contributed by atoms with E-state index in [4.69, 9.17) is 0 Å². The van der Waals surface area contributed by atoms with Crippen LogP contribution < -0.4 is 5.43 Å². The normalized spacial score (nSPS) is 11.4. The molecule has 3 nitrogen and oxygen atoms in total. The number of hydrogen-bond acceptors (Lipinski definition) is 3. The summed E-state index contributed by atoms with van der Waals surface area (Å²) in [5.74, 6) is -0.178. The van der Waals surface area contributed by atoms with Gasteiger partial charge in [0.1, 0.15) is 0 Å². The molecular weight excluding hydrogens is 256 g/mol. The van der Waals surface area contributed by atoms with Gasteiger partial charge < -0.3 is 0 Å². The van der Waals surface area contributed by atoms with E-state index in [9.17, 15) is 4.79 Å². The van der Waals surface area contributed by atoms with Gasteiger partial charge in [-0.2, -0.15) is 5.10 Å².